The number of rotatable bonds is 7. The number of H-pyrrole nitrogens is 1. The average Bonchev–Trinajstić information content (AvgIpc) is 3.41. The predicted molar refractivity (Wildman–Crippen MR) is 111 cm³/mol. The Balaban J connectivity index is 1.45. The van der Waals surface area contributed by atoms with Crippen LogP contribution in [-0.4, -0.2) is 33.9 Å². The average molecular weight is 423 g/mol. The molecule has 3 heterocycles. The molecule has 1 aromatic carbocycles. The molecular formula is C21H21N5O3S. The number of hydrogen-bond donors (Lipinski definition) is 2. The molecule has 9 heteroatoms. The number of carbonyl (C=O) groups excluding carboxylic acids is 1. The smallest absolute Gasteiger partial charge is 0.253 e. The molecule has 4 aromatic rings. The summed E-state index contributed by atoms with van der Waals surface area (Å²) in [7, 11) is -3.64. The van der Waals surface area contributed by atoms with E-state index in [9.17, 15) is 13.2 Å². The van der Waals surface area contributed by atoms with E-state index < -0.39 is 9.84 Å². The van der Waals surface area contributed by atoms with Crippen molar-refractivity contribution in [3.63, 3.8) is 0 Å². The number of sulfone groups is 1. The van der Waals surface area contributed by atoms with Crippen LogP contribution in [0.25, 0.3) is 5.65 Å². The normalized spacial score (nSPS) is 11.6. The number of nitrogens with one attached hydrogen (secondary N) is 2. The molecule has 154 valence electrons. The second kappa shape index (κ2) is 8.11. The Morgan fingerprint density at radius 3 is 2.73 bits per heavy atom. The first-order valence-electron chi connectivity index (χ1n) is 9.56. The Kier molecular flexibility index (Phi) is 5.37. The van der Waals surface area contributed by atoms with Gasteiger partial charge in [0.1, 0.15) is 10.5 Å². The van der Waals surface area contributed by atoms with E-state index in [0.717, 1.165) is 17.6 Å². The van der Waals surface area contributed by atoms with Crippen LogP contribution < -0.4 is 5.32 Å². The van der Waals surface area contributed by atoms with Crippen molar-refractivity contribution >= 4 is 21.4 Å². The van der Waals surface area contributed by atoms with Crippen LogP contribution in [0.15, 0.2) is 71.0 Å². The molecule has 1 amide bonds. The van der Waals surface area contributed by atoms with Gasteiger partial charge in [-0.3, -0.25) is 9.89 Å². The molecule has 8 nitrogen and oxygen atoms in total. The van der Waals surface area contributed by atoms with Gasteiger partial charge < -0.3 is 9.72 Å². The van der Waals surface area contributed by atoms with Crippen LogP contribution in [-0.2, 0) is 22.8 Å². The first-order chi connectivity index (χ1) is 14.5. The van der Waals surface area contributed by atoms with E-state index in [1.165, 1.54) is 6.20 Å². The van der Waals surface area contributed by atoms with Gasteiger partial charge >= 0.3 is 0 Å². The molecule has 0 saturated heterocycles. The van der Waals surface area contributed by atoms with Crippen LogP contribution in [0.4, 0.5) is 0 Å². The predicted octanol–water partition coefficient (Wildman–Crippen LogP) is 2.77. The molecule has 0 fully saturated rings. The maximum atomic E-state index is 12.9. The zero-order valence-electron chi connectivity index (χ0n) is 16.4. The number of imidazole rings is 1. The molecule has 0 spiro atoms. The summed E-state index contributed by atoms with van der Waals surface area (Å²) in [6.45, 7) is 2.27. The molecule has 0 unspecified atom stereocenters. The summed E-state index contributed by atoms with van der Waals surface area (Å²) in [5.74, 6) is -0.218. The second-order valence-electron chi connectivity index (χ2n) is 6.90. The van der Waals surface area contributed by atoms with Crippen LogP contribution in [0.3, 0.4) is 0 Å². The van der Waals surface area contributed by atoms with E-state index >= 15 is 0 Å². The largest absolute Gasteiger partial charge is 0.348 e. The monoisotopic (exact) mass is 423 g/mol. The zero-order chi connectivity index (χ0) is 21.1. The van der Waals surface area contributed by atoms with Crippen molar-refractivity contribution < 1.29 is 13.2 Å². The first-order valence-corrected chi connectivity index (χ1v) is 11.0. The lowest BCUT2D eigenvalue weighted by atomic mass is 10.2. The molecule has 0 saturated carbocycles. The highest BCUT2D eigenvalue weighted by atomic mass is 32.2. The maximum Gasteiger partial charge on any atom is 0.253 e. The molecule has 0 bridgehead atoms. The number of amides is 1. The van der Waals surface area contributed by atoms with E-state index in [1.807, 2.05) is 6.92 Å². The highest BCUT2D eigenvalue weighted by molar-refractivity contribution is 7.91. The van der Waals surface area contributed by atoms with Gasteiger partial charge in [-0.25, -0.2) is 13.4 Å². The molecule has 0 aliphatic rings. The van der Waals surface area contributed by atoms with Gasteiger partial charge in [0.15, 0.2) is 0 Å². The number of nitrogens with zero attached hydrogens (tertiary/aromatic N) is 3. The zero-order valence-corrected chi connectivity index (χ0v) is 17.2. The van der Waals surface area contributed by atoms with Gasteiger partial charge in [0, 0.05) is 25.1 Å². The topological polar surface area (TPSA) is 109 Å². The molecule has 30 heavy (non-hydrogen) atoms. The van der Waals surface area contributed by atoms with Crippen molar-refractivity contribution in [2.24, 2.45) is 0 Å². The molecular weight excluding hydrogens is 402 g/mol. The number of aryl methyl sites for hydroxylation is 1. The quantitative estimate of drug-likeness (QED) is 0.475. The van der Waals surface area contributed by atoms with E-state index in [0.29, 0.717) is 17.7 Å². The number of aromatic amines is 1. The molecule has 3 aromatic heterocycles. The standard InChI is InChI=1S/C21H21N5O3S/c1-2-3-18-19(13-24-25-18)30(28,29)17-7-4-15(5-8-17)12-23-21(27)16-6-9-20-22-10-11-26(20)14-16/h4-11,13-14H,2-3,12H2,1H3,(H,23,27)(H,24,25). The van der Waals surface area contributed by atoms with Gasteiger partial charge in [0.05, 0.1) is 22.3 Å². The summed E-state index contributed by atoms with van der Waals surface area (Å²) in [6, 6.07) is 10.00. The van der Waals surface area contributed by atoms with Crippen molar-refractivity contribution in [2.75, 3.05) is 0 Å². The van der Waals surface area contributed by atoms with Crippen molar-refractivity contribution in [1.29, 1.82) is 0 Å². The van der Waals surface area contributed by atoms with E-state index in [2.05, 4.69) is 20.5 Å². The Bertz CT molecular complexity index is 1290. The Hall–Kier alpha value is -3.46. The third-order valence-corrected chi connectivity index (χ3v) is 6.63. The van der Waals surface area contributed by atoms with Gasteiger partial charge in [-0.1, -0.05) is 25.5 Å². The van der Waals surface area contributed by atoms with Gasteiger partial charge in [-0.15, -0.1) is 0 Å². The molecule has 0 radical (unpaired) electrons. The van der Waals surface area contributed by atoms with Crippen molar-refractivity contribution in [3.8, 4) is 0 Å². The number of pyridine rings is 1. The fourth-order valence-corrected chi connectivity index (χ4v) is 4.63. The number of hydrogen-bond acceptors (Lipinski definition) is 5. The highest BCUT2D eigenvalue weighted by Gasteiger charge is 2.22. The highest BCUT2D eigenvalue weighted by Crippen LogP contribution is 2.24. The van der Waals surface area contributed by atoms with E-state index in [-0.39, 0.29) is 22.2 Å². The van der Waals surface area contributed by atoms with Gasteiger partial charge in [-0.2, -0.15) is 5.10 Å². The minimum absolute atomic E-state index is 0.196. The summed E-state index contributed by atoms with van der Waals surface area (Å²) in [5.41, 5.74) is 2.70. The summed E-state index contributed by atoms with van der Waals surface area (Å²) in [5, 5.41) is 9.50. The lowest BCUT2D eigenvalue weighted by Crippen LogP contribution is -2.23. The third-order valence-electron chi connectivity index (χ3n) is 4.81. The van der Waals surface area contributed by atoms with Crippen molar-refractivity contribution in [2.45, 2.75) is 36.1 Å². The fourth-order valence-electron chi connectivity index (χ4n) is 3.21. The second-order valence-corrected chi connectivity index (χ2v) is 8.82. The van der Waals surface area contributed by atoms with E-state index in [1.54, 1.807) is 59.4 Å². The number of aromatic nitrogens is 4. The number of carbonyl (C=O) groups is 1. The van der Waals surface area contributed by atoms with E-state index in [4.69, 9.17) is 0 Å². The molecule has 0 aliphatic heterocycles. The lowest BCUT2D eigenvalue weighted by molar-refractivity contribution is 0.0950. The van der Waals surface area contributed by atoms with Gasteiger partial charge in [0.2, 0.25) is 9.84 Å². The first kappa shape index (κ1) is 19.8. The summed E-state index contributed by atoms with van der Waals surface area (Å²) < 4.78 is 27.6. The molecule has 0 aliphatic carbocycles. The SMILES string of the molecule is CCCc1[nH]ncc1S(=O)(=O)c1ccc(CNC(=O)c2ccc3nccn3c2)cc1. The van der Waals surface area contributed by atoms with Crippen molar-refractivity contribution in [3.05, 3.63) is 78.0 Å². The van der Waals surface area contributed by atoms with Crippen LogP contribution in [0, 0.1) is 0 Å². The van der Waals surface area contributed by atoms with Gasteiger partial charge in [0.25, 0.3) is 5.91 Å². The van der Waals surface area contributed by atoms with Crippen LogP contribution in [0.2, 0.25) is 0 Å². The Morgan fingerprint density at radius 2 is 1.97 bits per heavy atom. The molecule has 2 N–H and O–H groups in total. The van der Waals surface area contributed by atoms with Crippen LogP contribution in [0.5, 0.6) is 0 Å². The number of benzene rings is 1. The minimum atomic E-state index is -3.64. The third kappa shape index (κ3) is 3.84. The fraction of sp³-hybridized carbons (Fsp3) is 0.190. The maximum absolute atomic E-state index is 12.9. The molecule has 0 atom stereocenters. The minimum Gasteiger partial charge on any atom is -0.348 e. The van der Waals surface area contributed by atoms with Crippen LogP contribution >= 0.6 is 0 Å². The molecule has 4 rings (SSSR count). The summed E-state index contributed by atoms with van der Waals surface area (Å²) >= 11 is 0. The number of fused-ring (bicyclic) bond motifs is 1. The lowest BCUT2D eigenvalue weighted by Gasteiger charge is -2.08. The Labute approximate surface area is 173 Å². The van der Waals surface area contributed by atoms with Crippen molar-refractivity contribution in [1.82, 2.24) is 24.9 Å². The summed E-state index contributed by atoms with van der Waals surface area (Å²) in [6.07, 6.45) is 7.94. The van der Waals surface area contributed by atoms with Crippen LogP contribution in [0.1, 0.15) is 35.0 Å². The summed E-state index contributed by atoms with van der Waals surface area (Å²) in [4.78, 5) is 17.0. The van der Waals surface area contributed by atoms with Gasteiger partial charge in [-0.05, 0) is 36.2 Å². The Morgan fingerprint density at radius 1 is 1.17 bits per heavy atom.